The van der Waals surface area contributed by atoms with Gasteiger partial charge in [-0.2, -0.15) is 11.3 Å². The van der Waals surface area contributed by atoms with Gasteiger partial charge in [-0.05, 0) is 35.7 Å². The Morgan fingerprint density at radius 3 is 2.33 bits per heavy atom. The van der Waals surface area contributed by atoms with E-state index in [9.17, 15) is 13.2 Å². The van der Waals surface area contributed by atoms with Crippen LogP contribution in [0, 0.1) is 0 Å². The summed E-state index contributed by atoms with van der Waals surface area (Å²) in [6.45, 7) is 0. The van der Waals surface area contributed by atoms with Crippen molar-refractivity contribution in [3.63, 3.8) is 0 Å². The van der Waals surface area contributed by atoms with Gasteiger partial charge < -0.3 is 5.32 Å². The third kappa shape index (κ3) is 2.96. The molecule has 0 fully saturated rings. The smallest absolute Gasteiger partial charge is 0.256 e. The van der Waals surface area contributed by atoms with E-state index in [2.05, 4.69) is 5.32 Å². The van der Waals surface area contributed by atoms with E-state index >= 15 is 0 Å². The van der Waals surface area contributed by atoms with Crippen LogP contribution in [0.25, 0.3) is 0 Å². The Balaban J connectivity index is 2.14. The van der Waals surface area contributed by atoms with Gasteiger partial charge in [0.2, 0.25) is 0 Å². The third-order valence-corrected chi connectivity index (χ3v) is 4.14. The fourth-order valence-electron chi connectivity index (χ4n) is 1.38. The van der Waals surface area contributed by atoms with Gasteiger partial charge in [0.15, 0.2) is 9.84 Å². The van der Waals surface area contributed by atoms with Crippen molar-refractivity contribution in [3.8, 4) is 0 Å². The number of benzene rings is 1. The van der Waals surface area contributed by atoms with Crippen LogP contribution in [0.2, 0.25) is 0 Å². The number of rotatable bonds is 3. The van der Waals surface area contributed by atoms with Crippen LogP contribution < -0.4 is 5.32 Å². The van der Waals surface area contributed by atoms with Crippen molar-refractivity contribution in [2.45, 2.75) is 4.90 Å². The summed E-state index contributed by atoms with van der Waals surface area (Å²) in [6, 6.07) is 7.81. The fourth-order valence-corrected chi connectivity index (χ4v) is 2.65. The number of amides is 1. The van der Waals surface area contributed by atoms with Gasteiger partial charge in [0.05, 0.1) is 10.5 Å². The molecule has 1 aromatic carbocycles. The van der Waals surface area contributed by atoms with Crippen LogP contribution in [-0.2, 0) is 9.84 Å². The van der Waals surface area contributed by atoms with Gasteiger partial charge in [-0.15, -0.1) is 0 Å². The molecule has 1 aromatic heterocycles. The number of thiophene rings is 1. The number of carbonyl (C=O) groups excluding carboxylic acids is 1. The van der Waals surface area contributed by atoms with Gasteiger partial charge in [-0.1, -0.05) is 0 Å². The zero-order valence-electron chi connectivity index (χ0n) is 9.58. The quantitative estimate of drug-likeness (QED) is 0.939. The zero-order valence-corrected chi connectivity index (χ0v) is 11.2. The van der Waals surface area contributed by atoms with Gasteiger partial charge in [0.1, 0.15) is 0 Å². The Hall–Kier alpha value is -1.66. The number of hydrogen-bond donors (Lipinski definition) is 1. The monoisotopic (exact) mass is 281 g/mol. The molecule has 0 aliphatic rings. The van der Waals surface area contributed by atoms with E-state index in [1.807, 2.05) is 5.38 Å². The average Bonchev–Trinajstić information content (AvgIpc) is 2.82. The summed E-state index contributed by atoms with van der Waals surface area (Å²) in [6.07, 6.45) is 1.14. The second kappa shape index (κ2) is 4.91. The van der Waals surface area contributed by atoms with E-state index in [-0.39, 0.29) is 10.8 Å². The van der Waals surface area contributed by atoms with Crippen molar-refractivity contribution in [3.05, 3.63) is 46.7 Å². The van der Waals surface area contributed by atoms with Crippen molar-refractivity contribution in [1.82, 2.24) is 0 Å². The molecule has 0 spiro atoms. The first-order valence-corrected chi connectivity index (χ1v) is 7.94. The van der Waals surface area contributed by atoms with Crippen LogP contribution in [0.1, 0.15) is 10.4 Å². The van der Waals surface area contributed by atoms with E-state index in [4.69, 9.17) is 0 Å². The minimum absolute atomic E-state index is 0.205. The van der Waals surface area contributed by atoms with E-state index in [1.165, 1.54) is 23.5 Å². The molecule has 1 heterocycles. The van der Waals surface area contributed by atoms with Gasteiger partial charge in [-0.25, -0.2) is 8.42 Å². The van der Waals surface area contributed by atoms with Crippen LogP contribution in [0.15, 0.2) is 46.0 Å². The number of hydrogen-bond acceptors (Lipinski definition) is 4. The SMILES string of the molecule is CS(=O)(=O)c1ccc(NC(=O)c2ccsc2)cc1. The first-order chi connectivity index (χ1) is 8.47. The highest BCUT2D eigenvalue weighted by molar-refractivity contribution is 7.90. The van der Waals surface area contributed by atoms with E-state index in [0.29, 0.717) is 11.3 Å². The van der Waals surface area contributed by atoms with Crippen molar-refractivity contribution < 1.29 is 13.2 Å². The highest BCUT2D eigenvalue weighted by Gasteiger charge is 2.08. The van der Waals surface area contributed by atoms with Crippen molar-refractivity contribution in [2.75, 3.05) is 11.6 Å². The third-order valence-electron chi connectivity index (χ3n) is 2.32. The molecule has 0 radical (unpaired) electrons. The minimum atomic E-state index is -3.20. The highest BCUT2D eigenvalue weighted by atomic mass is 32.2. The number of anilines is 1. The van der Waals surface area contributed by atoms with E-state index in [1.54, 1.807) is 23.6 Å². The summed E-state index contributed by atoms with van der Waals surface area (Å²) in [5.74, 6) is -0.205. The van der Waals surface area contributed by atoms with Crippen LogP contribution in [-0.4, -0.2) is 20.6 Å². The maximum absolute atomic E-state index is 11.7. The fraction of sp³-hybridized carbons (Fsp3) is 0.0833. The van der Waals surface area contributed by atoms with E-state index < -0.39 is 9.84 Å². The Kier molecular flexibility index (Phi) is 3.49. The van der Waals surface area contributed by atoms with Gasteiger partial charge in [0.25, 0.3) is 5.91 Å². The Labute approximate surface area is 109 Å². The largest absolute Gasteiger partial charge is 0.322 e. The lowest BCUT2D eigenvalue weighted by molar-refractivity contribution is 0.102. The summed E-state index contributed by atoms with van der Waals surface area (Å²) in [5, 5.41) is 6.27. The lowest BCUT2D eigenvalue weighted by Crippen LogP contribution is -2.10. The second-order valence-electron chi connectivity index (χ2n) is 3.76. The molecule has 1 amide bonds. The van der Waals surface area contributed by atoms with Crippen LogP contribution in [0.5, 0.6) is 0 Å². The maximum atomic E-state index is 11.7. The molecule has 2 aromatic rings. The second-order valence-corrected chi connectivity index (χ2v) is 6.56. The number of carbonyl (C=O) groups is 1. The summed E-state index contributed by atoms with van der Waals surface area (Å²) >= 11 is 1.44. The lowest BCUT2D eigenvalue weighted by atomic mass is 10.3. The predicted molar refractivity (Wildman–Crippen MR) is 71.8 cm³/mol. The first-order valence-electron chi connectivity index (χ1n) is 5.10. The van der Waals surface area contributed by atoms with Crippen molar-refractivity contribution in [2.24, 2.45) is 0 Å². The molecule has 1 N–H and O–H groups in total. The molecule has 0 saturated heterocycles. The van der Waals surface area contributed by atoms with Crippen LogP contribution in [0.3, 0.4) is 0 Å². The molecular formula is C12H11NO3S2. The molecule has 0 saturated carbocycles. The minimum Gasteiger partial charge on any atom is -0.322 e. The van der Waals surface area contributed by atoms with Gasteiger partial charge >= 0.3 is 0 Å². The normalized spacial score (nSPS) is 11.2. The summed E-state index contributed by atoms with van der Waals surface area (Å²) in [5.41, 5.74) is 1.16. The lowest BCUT2D eigenvalue weighted by Gasteiger charge is -2.04. The molecule has 0 atom stereocenters. The Bertz CT molecular complexity index is 643. The topological polar surface area (TPSA) is 63.2 Å². The molecule has 4 nitrogen and oxygen atoms in total. The molecule has 0 aliphatic heterocycles. The average molecular weight is 281 g/mol. The van der Waals surface area contributed by atoms with Gasteiger partial charge in [-0.3, -0.25) is 4.79 Å². The number of sulfone groups is 1. The molecule has 18 heavy (non-hydrogen) atoms. The Morgan fingerprint density at radius 2 is 1.83 bits per heavy atom. The molecule has 94 valence electrons. The molecule has 6 heteroatoms. The molecular weight excluding hydrogens is 270 g/mol. The number of nitrogens with one attached hydrogen (secondary N) is 1. The maximum Gasteiger partial charge on any atom is 0.256 e. The van der Waals surface area contributed by atoms with Crippen LogP contribution in [0.4, 0.5) is 5.69 Å². The summed E-state index contributed by atoms with van der Waals surface area (Å²) in [4.78, 5) is 12.0. The molecule has 0 bridgehead atoms. The van der Waals surface area contributed by atoms with Crippen LogP contribution >= 0.6 is 11.3 Å². The van der Waals surface area contributed by atoms with E-state index in [0.717, 1.165) is 6.26 Å². The molecule has 0 aliphatic carbocycles. The standard InChI is InChI=1S/C12H11NO3S2/c1-18(15,16)11-4-2-10(3-5-11)13-12(14)9-6-7-17-8-9/h2-8H,1H3,(H,13,14). The summed E-state index contributed by atoms with van der Waals surface area (Å²) < 4.78 is 22.5. The molecule has 2 rings (SSSR count). The Morgan fingerprint density at radius 1 is 1.17 bits per heavy atom. The highest BCUT2D eigenvalue weighted by Crippen LogP contribution is 2.15. The van der Waals surface area contributed by atoms with Gasteiger partial charge in [0, 0.05) is 17.3 Å². The zero-order chi connectivity index (χ0) is 13.2. The first kappa shape index (κ1) is 12.8. The van der Waals surface area contributed by atoms with Crippen molar-refractivity contribution >= 4 is 32.8 Å². The van der Waals surface area contributed by atoms with Crippen molar-refractivity contribution in [1.29, 1.82) is 0 Å². The predicted octanol–water partition coefficient (Wildman–Crippen LogP) is 2.40. The summed E-state index contributed by atoms with van der Waals surface area (Å²) in [7, 11) is -3.20. The molecule has 0 unspecified atom stereocenters.